The third-order valence-electron chi connectivity index (χ3n) is 21.3. The van der Waals surface area contributed by atoms with Crippen molar-refractivity contribution in [2.24, 2.45) is 46.3 Å². The minimum absolute atomic E-state index is 0.00197. The second kappa shape index (κ2) is 28.7. The summed E-state index contributed by atoms with van der Waals surface area (Å²) in [7, 11) is 0. The van der Waals surface area contributed by atoms with E-state index >= 15 is 0 Å². The van der Waals surface area contributed by atoms with Crippen molar-refractivity contribution in [2.45, 2.75) is 245 Å². The molecule has 16 heteroatoms. The molecule has 0 radical (unpaired) electrons. The van der Waals surface area contributed by atoms with Crippen LogP contribution in [-0.2, 0) is 31.4 Å². The monoisotopic (exact) mass is 1190 g/mol. The zero-order valence-corrected chi connectivity index (χ0v) is 50.9. The number of alkyl halides is 6. The van der Waals surface area contributed by atoms with E-state index in [1.54, 1.807) is 0 Å². The number of halogens is 6. The summed E-state index contributed by atoms with van der Waals surface area (Å²) in [6.45, 7) is 10.5. The number of esters is 2. The van der Waals surface area contributed by atoms with Crippen molar-refractivity contribution in [3.05, 3.63) is 112 Å². The number of fused-ring (bicyclic) bond motifs is 5. The Morgan fingerprint density at radius 3 is 1.58 bits per heavy atom. The number of benzene rings is 2. The number of hydrogen-bond donors (Lipinski definition) is 2. The lowest BCUT2D eigenvalue weighted by Crippen LogP contribution is -2.60. The number of nitrogens with one attached hydrogen (secondary N) is 2. The lowest BCUT2D eigenvalue weighted by molar-refractivity contribution is -0.166. The van der Waals surface area contributed by atoms with Crippen LogP contribution in [0.1, 0.15) is 248 Å². The molecular formula is C69H92F6N2O8. The molecule has 0 saturated heterocycles. The third-order valence-corrected chi connectivity index (χ3v) is 21.3. The molecule has 4 aromatic rings. The first-order valence-electron chi connectivity index (χ1n) is 32.4. The molecule has 0 amide bonds. The number of hydrogen-bond acceptors (Lipinski definition) is 10. The van der Waals surface area contributed by atoms with Gasteiger partial charge in [-0.15, -0.1) is 0 Å². The number of unbranched alkanes of at least 4 members (excludes halogenated alkanes) is 17. The Balaban J connectivity index is 0.971. The zero-order valence-electron chi connectivity index (χ0n) is 50.9. The summed E-state index contributed by atoms with van der Waals surface area (Å²) in [6, 6.07) is 8.57. The fraction of sp³-hybridized carbons (Fsp3) is 0.681. The molecule has 4 aromatic carbocycles. The average molecular weight is 1190 g/mol. The highest BCUT2D eigenvalue weighted by Crippen LogP contribution is 2.74. The first-order valence-corrected chi connectivity index (χ1v) is 32.4. The smallest absolute Gasteiger partial charge is 0.416 e. The molecule has 4 aliphatic rings. The van der Waals surface area contributed by atoms with E-state index in [1.165, 1.54) is 128 Å². The highest BCUT2D eigenvalue weighted by molar-refractivity contribution is 5.70. The van der Waals surface area contributed by atoms with E-state index in [0.29, 0.717) is 70.0 Å². The molecule has 2 N–H and O–H groups in total. The normalized spacial score (nSPS) is 26.2. The maximum Gasteiger partial charge on any atom is 0.416 e. The summed E-state index contributed by atoms with van der Waals surface area (Å²) in [5.41, 5.74) is -4.68. The summed E-state index contributed by atoms with van der Waals surface area (Å²) >= 11 is 0. The molecule has 4 saturated carbocycles. The van der Waals surface area contributed by atoms with Gasteiger partial charge in [0.05, 0.1) is 29.1 Å². The second-order valence-corrected chi connectivity index (χ2v) is 26.6. The van der Waals surface area contributed by atoms with Crippen LogP contribution in [0.5, 0.6) is 0 Å². The van der Waals surface area contributed by atoms with Crippen LogP contribution < -0.4 is 32.3 Å². The van der Waals surface area contributed by atoms with Crippen LogP contribution in [0.15, 0.2) is 67.7 Å². The van der Waals surface area contributed by atoms with Crippen LogP contribution in [-0.4, -0.2) is 24.6 Å². The van der Waals surface area contributed by atoms with Gasteiger partial charge in [0, 0.05) is 35.8 Å². The molecule has 0 spiro atoms. The summed E-state index contributed by atoms with van der Waals surface area (Å²) in [4.78, 5) is 81.8. The van der Waals surface area contributed by atoms with Gasteiger partial charge in [-0.1, -0.05) is 137 Å². The summed E-state index contributed by atoms with van der Waals surface area (Å²) in [5, 5.41) is 6.10. The second-order valence-electron chi connectivity index (χ2n) is 26.6. The number of anilines is 4. The molecule has 85 heavy (non-hydrogen) atoms. The molecule has 0 aromatic heterocycles. The van der Waals surface area contributed by atoms with Gasteiger partial charge in [0.1, 0.15) is 6.10 Å². The first-order chi connectivity index (χ1) is 40.5. The van der Waals surface area contributed by atoms with Gasteiger partial charge < -0.3 is 20.1 Å². The van der Waals surface area contributed by atoms with E-state index < -0.39 is 79.9 Å². The summed E-state index contributed by atoms with van der Waals surface area (Å²) < 4.78 is 93.4. The molecule has 8 rings (SSSR count). The Bertz CT molecular complexity index is 2990. The zero-order chi connectivity index (χ0) is 61.3. The minimum Gasteiger partial charge on any atom is -0.466 e. The molecule has 4 aliphatic carbocycles. The van der Waals surface area contributed by atoms with Gasteiger partial charge in [0.25, 0.3) is 0 Å². The molecule has 4 fully saturated rings. The summed E-state index contributed by atoms with van der Waals surface area (Å²) in [5.74, 6) is -2.57. The third kappa shape index (κ3) is 15.2. The van der Waals surface area contributed by atoms with Gasteiger partial charge in [0.15, 0.2) is 0 Å². The fourth-order valence-electron chi connectivity index (χ4n) is 16.8. The van der Waals surface area contributed by atoms with E-state index in [1.807, 2.05) is 0 Å². The van der Waals surface area contributed by atoms with E-state index in [2.05, 4.69) is 38.3 Å². The summed E-state index contributed by atoms with van der Waals surface area (Å²) in [6.07, 6.45) is 18.6. The van der Waals surface area contributed by atoms with Crippen LogP contribution in [0.4, 0.5) is 49.1 Å². The lowest BCUT2D eigenvalue weighted by Gasteiger charge is -2.65. The van der Waals surface area contributed by atoms with Crippen molar-refractivity contribution in [2.75, 3.05) is 17.2 Å². The van der Waals surface area contributed by atoms with Crippen LogP contribution in [0.3, 0.4) is 0 Å². The number of ether oxygens (including phenoxy) is 2. The van der Waals surface area contributed by atoms with E-state index in [0.717, 1.165) is 43.5 Å². The lowest BCUT2D eigenvalue weighted by atomic mass is 9.39. The molecular weight excluding hydrogens is 1100 g/mol. The van der Waals surface area contributed by atoms with Gasteiger partial charge in [-0.3, -0.25) is 28.8 Å². The van der Waals surface area contributed by atoms with Gasteiger partial charge in [-0.05, 0) is 171 Å². The van der Waals surface area contributed by atoms with Crippen molar-refractivity contribution in [1.29, 1.82) is 0 Å². The molecule has 10 nitrogen and oxygen atoms in total. The SMILES string of the molecule is CCCCCCCCCCCCCCCCCCCCOC(=O)CCC[C@@H](C)[C@H]1CC[C@H]2[C@@H]3C(c4c(Nc5ccc(C(F)(F)F)cc5)c(=O)c4=O)C[C@H]4CC(OC(C)=O)CC[C@]4(C)[C@H]3CC(c3c(Nc4ccc(C(F)(F)F)cc4)c(=O)c3=O)[C@]12C. The van der Waals surface area contributed by atoms with Crippen LogP contribution in [0.25, 0.3) is 0 Å². The first kappa shape index (κ1) is 65.7. The molecule has 468 valence electrons. The van der Waals surface area contributed by atoms with Crippen LogP contribution in [0, 0.1) is 46.3 Å². The topological polar surface area (TPSA) is 145 Å². The van der Waals surface area contributed by atoms with Crippen molar-refractivity contribution in [3.8, 4) is 0 Å². The maximum absolute atomic E-state index is 14.4. The quantitative estimate of drug-likeness (QED) is 0.0216. The van der Waals surface area contributed by atoms with E-state index in [-0.39, 0.29) is 76.2 Å². The van der Waals surface area contributed by atoms with Crippen molar-refractivity contribution >= 4 is 34.7 Å². The van der Waals surface area contributed by atoms with Crippen LogP contribution in [0.2, 0.25) is 0 Å². The van der Waals surface area contributed by atoms with Crippen molar-refractivity contribution < 1.29 is 45.4 Å². The standard InChI is InChI=1S/C69H92F6N2O8/c1-6-7-8-9-10-11-12-13-14-15-16-17-18-19-20-21-22-23-39-84-56(79)26-24-25-43(2)52-35-36-53-57-51(58-60(64(82)62(58)80)76-48-31-27-45(28-32-48)68(70,71)72)41-47-40-50(85-44(3)78)37-38-66(47,4)54(57)42-55(67(52,53)5)59-61(65(83)63(59)81)77-49-33-29-46(30-34-49)69(73,74)75/h27-34,43,47,50-55,57,76-77H,6-26,35-42H2,1-5H3/t43-,47-,50?,51?,52-,53+,54+,55?,57+,66+,67-/m1/s1. The maximum atomic E-state index is 14.4. The number of carbonyl (C=O) groups is 2. The molecule has 0 aliphatic heterocycles. The molecule has 3 unspecified atom stereocenters. The van der Waals surface area contributed by atoms with Crippen molar-refractivity contribution in [1.82, 2.24) is 0 Å². The molecule has 0 bridgehead atoms. The van der Waals surface area contributed by atoms with E-state index in [9.17, 15) is 55.1 Å². The highest BCUT2D eigenvalue weighted by Gasteiger charge is 2.67. The Labute approximate surface area is 498 Å². The predicted octanol–water partition coefficient (Wildman–Crippen LogP) is 17.5. The van der Waals surface area contributed by atoms with Gasteiger partial charge in [-0.2, -0.15) is 26.3 Å². The Kier molecular flexibility index (Phi) is 22.2. The Morgan fingerprint density at radius 2 is 1.08 bits per heavy atom. The predicted molar refractivity (Wildman–Crippen MR) is 322 cm³/mol. The minimum atomic E-state index is -4.59. The Morgan fingerprint density at radius 1 is 0.600 bits per heavy atom. The number of rotatable bonds is 31. The highest BCUT2D eigenvalue weighted by atomic mass is 19.4. The largest absolute Gasteiger partial charge is 0.466 e. The Hall–Kier alpha value is -5.28. The van der Waals surface area contributed by atoms with Gasteiger partial charge >= 0.3 is 24.3 Å². The number of carbonyl (C=O) groups excluding carboxylic acids is 2. The van der Waals surface area contributed by atoms with Gasteiger partial charge in [-0.25, -0.2) is 0 Å². The van der Waals surface area contributed by atoms with Gasteiger partial charge in [0.2, 0.25) is 21.7 Å². The average Bonchev–Trinajstić information content (AvgIpc) is 1.81. The van der Waals surface area contributed by atoms with Crippen molar-refractivity contribution in [3.63, 3.8) is 0 Å². The van der Waals surface area contributed by atoms with E-state index in [4.69, 9.17) is 9.47 Å². The molecule has 0 heterocycles. The molecule has 11 atom stereocenters. The van der Waals surface area contributed by atoms with Crippen LogP contribution >= 0.6 is 0 Å². The fourth-order valence-corrected chi connectivity index (χ4v) is 16.8.